The van der Waals surface area contributed by atoms with Gasteiger partial charge in [-0.1, -0.05) is 18.2 Å². The van der Waals surface area contributed by atoms with E-state index in [1.54, 1.807) is 20.0 Å². The second kappa shape index (κ2) is 5.52. The molecule has 0 amide bonds. The number of H-pyrrole nitrogens is 1. The molecule has 1 N–H and O–H groups in total. The Morgan fingerprint density at radius 2 is 1.95 bits per heavy atom. The molecule has 5 heteroatoms. The minimum atomic E-state index is -0.874. The molecule has 0 aliphatic heterocycles. The molecule has 0 fully saturated rings. The number of aromatic amines is 1. The van der Waals surface area contributed by atoms with Crippen molar-refractivity contribution in [3.63, 3.8) is 0 Å². The molecule has 5 nitrogen and oxygen atoms in total. The average molecular weight is 297 g/mol. The van der Waals surface area contributed by atoms with Gasteiger partial charge in [0, 0.05) is 22.7 Å². The maximum absolute atomic E-state index is 12.5. The molecular weight excluding hydrogens is 282 g/mol. The third-order valence-electron chi connectivity index (χ3n) is 3.59. The van der Waals surface area contributed by atoms with E-state index in [0.29, 0.717) is 16.9 Å². The number of nitrogens with one attached hydrogen (secondary N) is 1. The Kier molecular flexibility index (Phi) is 3.55. The molecule has 112 valence electrons. The number of esters is 1. The van der Waals surface area contributed by atoms with E-state index in [1.807, 2.05) is 24.3 Å². The van der Waals surface area contributed by atoms with Crippen molar-refractivity contribution in [2.45, 2.75) is 20.0 Å². The van der Waals surface area contributed by atoms with Crippen LogP contribution in [0.3, 0.4) is 0 Å². The van der Waals surface area contributed by atoms with Gasteiger partial charge in [-0.15, -0.1) is 0 Å². The quantitative estimate of drug-likeness (QED) is 0.591. The summed E-state index contributed by atoms with van der Waals surface area (Å²) in [5.41, 5.74) is 1.72. The summed E-state index contributed by atoms with van der Waals surface area (Å²) in [5, 5.41) is 0.815. The van der Waals surface area contributed by atoms with Crippen LogP contribution in [0.4, 0.5) is 0 Å². The number of carbonyl (C=O) groups is 2. The van der Waals surface area contributed by atoms with Crippen LogP contribution in [-0.2, 0) is 4.74 Å². The number of furan rings is 1. The average Bonchev–Trinajstić information content (AvgIpc) is 3.12. The summed E-state index contributed by atoms with van der Waals surface area (Å²) in [4.78, 5) is 27.6. The first kappa shape index (κ1) is 14.1. The Balaban J connectivity index is 1.80. The molecule has 22 heavy (non-hydrogen) atoms. The van der Waals surface area contributed by atoms with Crippen LogP contribution in [0.25, 0.3) is 10.9 Å². The van der Waals surface area contributed by atoms with Crippen molar-refractivity contribution >= 4 is 22.7 Å². The molecule has 0 aliphatic rings. The van der Waals surface area contributed by atoms with Gasteiger partial charge >= 0.3 is 5.97 Å². The van der Waals surface area contributed by atoms with Crippen LogP contribution in [0.15, 0.2) is 47.2 Å². The number of fused-ring (bicyclic) bond motifs is 1. The fourth-order valence-electron chi connectivity index (χ4n) is 2.37. The molecule has 2 aromatic heterocycles. The number of para-hydroxylation sites is 1. The molecule has 0 aliphatic carbocycles. The molecular formula is C17H15NO4. The normalized spacial score (nSPS) is 12.3. The van der Waals surface area contributed by atoms with Gasteiger partial charge in [-0.25, -0.2) is 4.79 Å². The first-order valence-corrected chi connectivity index (χ1v) is 6.93. The number of aromatic nitrogens is 1. The smallest absolute Gasteiger partial charge is 0.342 e. The van der Waals surface area contributed by atoms with Crippen molar-refractivity contribution < 1.29 is 18.7 Å². The van der Waals surface area contributed by atoms with Crippen LogP contribution in [-0.4, -0.2) is 22.8 Å². The summed E-state index contributed by atoms with van der Waals surface area (Å²) in [7, 11) is 0. The first-order chi connectivity index (χ1) is 10.6. The number of hydrogen-bond acceptors (Lipinski definition) is 4. The van der Waals surface area contributed by atoms with Gasteiger partial charge in [-0.2, -0.15) is 0 Å². The number of benzene rings is 1. The van der Waals surface area contributed by atoms with Gasteiger partial charge in [0.1, 0.15) is 11.3 Å². The molecule has 0 saturated heterocycles. The number of aryl methyl sites for hydroxylation is 1. The molecule has 0 saturated carbocycles. The second-order valence-corrected chi connectivity index (χ2v) is 5.05. The number of hydrogen-bond donors (Lipinski definition) is 1. The summed E-state index contributed by atoms with van der Waals surface area (Å²) in [5.74, 6) is -0.337. The topological polar surface area (TPSA) is 72.3 Å². The zero-order valence-corrected chi connectivity index (χ0v) is 12.3. The highest BCUT2D eigenvalue weighted by Gasteiger charge is 2.24. The zero-order valence-electron chi connectivity index (χ0n) is 12.3. The molecule has 0 unspecified atom stereocenters. The summed E-state index contributed by atoms with van der Waals surface area (Å²) in [6.45, 7) is 3.24. The SMILES string of the molecule is Cc1occc1C(=O)O[C@@H](C)C(=O)c1c[nH]c2ccccc12. The molecule has 0 radical (unpaired) electrons. The third-order valence-corrected chi connectivity index (χ3v) is 3.59. The van der Waals surface area contributed by atoms with Crippen LogP contribution in [0, 0.1) is 6.92 Å². The molecule has 2 heterocycles. The number of ketones is 1. The third kappa shape index (κ3) is 2.41. The minimum Gasteiger partial charge on any atom is -0.469 e. The molecule has 3 aromatic rings. The summed E-state index contributed by atoms with van der Waals surface area (Å²) >= 11 is 0. The summed E-state index contributed by atoms with van der Waals surface area (Å²) in [6.07, 6.45) is 2.18. The Labute approximate surface area is 126 Å². The van der Waals surface area contributed by atoms with E-state index in [0.717, 1.165) is 10.9 Å². The molecule has 0 spiro atoms. The maximum atomic E-state index is 12.5. The highest BCUT2D eigenvalue weighted by Crippen LogP contribution is 2.20. The molecule has 1 atom stereocenters. The second-order valence-electron chi connectivity index (χ2n) is 5.05. The predicted molar refractivity (Wildman–Crippen MR) is 81.0 cm³/mol. The van der Waals surface area contributed by atoms with Gasteiger partial charge < -0.3 is 14.1 Å². The van der Waals surface area contributed by atoms with Crippen LogP contribution >= 0.6 is 0 Å². The Morgan fingerprint density at radius 3 is 2.68 bits per heavy atom. The van der Waals surface area contributed by atoms with Crippen LogP contribution in [0.2, 0.25) is 0 Å². The fourth-order valence-corrected chi connectivity index (χ4v) is 2.37. The first-order valence-electron chi connectivity index (χ1n) is 6.93. The Morgan fingerprint density at radius 1 is 1.18 bits per heavy atom. The van der Waals surface area contributed by atoms with Crippen molar-refractivity contribution in [1.82, 2.24) is 4.98 Å². The largest absolute Gasteiger partial charge is 0.469 e. The van der Waals surface area contributed by atoms with Crippen LogP contribution < -0.4 is 0 Å². The summed E-state index contributed by atoms with van der Waals surface area (Å²) in [6, 6.07) is 9.02. The van der Waals surface area contributed by atoms with Crippen LogP contribution in [0.1, 0.15) is 33.4 Å². The lowest BCUT2D eigenvalue weighted by Gasteiger charge is -2.11. The van der Waals surface area contributed by atoms with E-state index >= 15 is 0 Å². The number of ether oxygens (including phenoxy) is 1. The van der Waals surface area contributed by atoms with Gasteiger partial charge in [-0.05, 0) is 26.0 Å². The highest BCUT2D eigenvalue weighted by molar-refractivity contribution is 6.10. The van der Waals surface area contributed by atoms with Crippen molar-refractivity contribution in [2.75, 3.05) is 0 Å². The van der Waals surface area contributed by atoms with Gasteiger partial charge in [0.2, 0.25) is 5.78 Å². The van der Waals surface area contributed by atoms with Gasteiger partial charge in [0.05, 0.1) is 6.26 Å². The Hall–Kier alpha value is -2.82. The highest BCUT2D eigenvalue weighted by atomic mass is 16.5. The van der Waals surface area contributed by atoms with Crippen molar-refractivity contribution in [2.24, 2.45) is 0 Å². The molecule has 3 rings (SSSR count). The van der Waals surface area contributed by atoms with E-state index in [4.69, 9.17) is 9.15 Å². The predicted octanol–water partition coefficient (Wildman–Crippen LogP) is 3.50. The van der Waals surface area contributed by atoms with Gasteiger partial charge in [0.15, 0.2) is 6.10 Å². The van der Waals surface area contributed by atoms with E-state index in [-0.39, 0.29) is 5.78 Å². The number of Topliss-reactive ketones (excluding diaryl/α,β-unsaturated/α-hetero) is 1. The lowest BCUT2D eigenvalue weighted by molar-refractivity contribution is 0.0317. The minimum absolute atomic E-state index is 0.244. The summed E-state index contributed by atoms with van der Waals surface area (Å²) < 4.78 is 10.3. The van der Waals surface area contributed by atoms with Crippen LogP contribution in [0.5, 0.6) is 0 Å². The lowest BCUT2D eigenvalue weighted by Crippen LogP contribution is -2.24. The number of rotatable bonds is 4. The van der Waals surface area contributed by atoms with Crippen molar-refractivity contribution in [3.05, 3.63) is 59.7 Å². The maximum Gasteiger partial charge on any atom is 0.342 e. The lowest BCUT2D eigenvalue weighted by atomic mass is 10.1. The van der Waals surface area contributed by atoms with Gasteiger partial charge in [-0.3, -0.25) is 4.79 Å². The van der Waals surface area contributed by atoms with E-state index in [2.05, 4.69) is 4.98 Å². The monoisotopic (exact) mass is 297 g/mol. The van der Waals surface area contributed by atoms with Crippen molar-refractivity contribution in [1.29, 1.82) is 0 Å². The van der Waals surface area contributed by atoms with Crippen molar-refractivity contribution in [3.8, 4) is 0 Å². The Bertz CT molecular complexity index is 843. The molecule has 0 bridgehead atoms. The fraction of sp³-hybridized carbons (Fsp3) is 0.176. The van der Waals surface area contributed by atoms with E-state index < -0.39 is 12.1 Å². The van der Waals surface area contributed by atoms with E-state index in [1.165, 1.54) is 12.3 Å². The standard InChI is InChI=1S/C17H15NO4/c1-10-12(7-8-21-10)17(20)22-11(2)16(19)14-9-18-15-6-4-3-5-13(14)15/h3-9,11,18H,1-2H3/t11-/m0/s1. The molecule has 1 aromatic carbocycles. The zero-order chi connectivity index (χ0) is 15.7. The van der Waals surface area contributed by atoms with Gasteiger partial charge in [0.25, 0.3) is 0 Å². The number of carbonyl (C=O) groups excluding carboxylic acids is 2. The van der Waals surface area contributed by atoms with E-state index in [9.17, 15) is 9.59 Å².